The van der Waals surface area contributed by atoms with Crippen LogP contribution in [0.2, 0.25) is 0 Å². The molecule has 1 aromatic carbocycles. The lowest BCUT2D eigenvalue weighted by Crippen LogP contribution is -2.30. The molecule has 0 spiro atoms. The van der Waals surface area contributed by atoms with Crippen LogP contribution in [0.4, 0.5) is 0 Å². The van der Waals surface area contributed by atoms with E-state index in [1.54, 1.807) is 0 Å². The number of nitrogens with one attached hydrogen (secondary N) is 1. The molecule has 0 atom stereocenters. The van der Waals surface area contributed by atoms with E-state index < -0.39 is 10.0 Å². The van der Waals surface area contributed by atoms with Gasteiger partial charge in [0, 0.05) is 6.54 Å². The Labute approximate surface area is 135 Å². The van der Waals surface area contributed by atoms with Crippen LogP contribution >= 0.6 is 0 Å². The van der Waals surface area contributed by atoms with Crippen molar-refractivity contribution >= 4 is 10.0 Å². The summed E-state index contributed by atoms with van der Waals surface area (Å²) >= 11 is 0. The smallest absolute Gasteiger partial charge is 0.215 e. The number of likely N-dealkylation sites (tertiary alicyclic amines) is 1. The zero-order valence-electron chi connectivity index (χ0n) is 13.3. The Kier molecular flexibility index (Phi) is 7.36. The molecule has 0 amide bonds. The highest BCUT2D eigenvalue weighted by Crippen LogP contribution is 2.10. The van der Waals surface area contributed by atoms with E-state index in [1.807, 2.05) is 30.3 Å². The third-order valence-corrected chi connectivity index (χ3v) is 5.48. The second-order valence-corrected chi connectivity index (χ2v) is 7.91. The number of nitrogens with zero attached hydrogens (tertiary/aromatic N) is 1. The fourth-order valence-electron chi connectivity index (χ4n) is 2.89. The van der Waals surface area contributed by atoms with Crippen LogP contribution in [-0.4, -0.2) is 39.5 Å². The maximum Gasteiger partial charge on any atom is 0.215 e. The predicted octanol–water partition coefficient (Wildman–Crippen LogP) is 2.76. The molecule has 22 heavy (non-hydrogen) atoms. The van der Waals surface area contributed by atoms with E-state index in [2.05, 4.69) is 9.62 Å². The average Bonchev–Trinajstić information content (AvgIpc) is 2.52. The zero-order chi connectivity index (χ0) is 15.7. The normalized spacial score (nSPS) is 16.7. The second kappa shape index (κ2) is 9.28. The van der Waals surface area contributed by atoms with E-state index in [0.29, 0.717) is 6.54 Å². The summed E-state index contributed by atoms with van der Waals surface area (Å²) in [6.45, 7) is 4.19. The molecule has 1 heterocycles. The molecule has 5 heteroatoms. The van der Waals surface area contributed by atoms with Gasteiger partial charge in [0.25, 0.3) is 0 Å². The molecular formula is C17H28N2O2S. The van der Waals surface area contributed by atoms with Crippen molar-refractivity contribution in [3.63, 3.8) is 0 Å². The van der Waals surface area contributed by atoms with Crippen molar-refractivity contribution in [2.24, 2.45) is 0 Å². The monoisotopic (exact) mass is 324 g/mol. The van der Waals surface area contributed by atoms with Gasteiger partial charge in [0.05, 0.1) is 5.75 Å². The standard InChI is InChI=1S/C17H28N2O2S/c20-22(21,16-17-10-4-1-5-11-17)18-12-6-2-7-13-19-14-8-3-9-15-19/h1,4-5,10-11,18H,2-3,6-9,12-16H2. The van der Waals surface area contributed by atoms with Gasteiger partial charge in [-0.25, -0.2) is 13.1 Å². The molecule has 1 aromatic rings. The summed E-state index contributed by atoms with van der Waals surface area (Å²) in [5, 5.41) is 0. The summed E-state index contributed by atoms with van der Waals surface area (Å²) in [5.74, 6) is 0.0710. The lowest BCUT2D eigenvalue weighted by atomic mass is 10.1. The van der Waals surface area contributed by atoms with Gasteiger partial charge in [-0.1, -0.05) is 43.2 Å². The van der Waals surface area contributed by atoms with Crippen LogP contribution in [0.25, 0.3) is 0 Å². The molecule has 124 valence electrons. The SMILES string of the molecule is O=S(=O)(Cc1ccccc1)NCCCCCN1CCCCC1. The van der Waals surface area contributed by atoms with Gasteiger partial charge in [0.2, 0.25) is 10.0 Å². The molecular weight excluding hydrogens is 296 g/mol. The summed E-state index contributed by atoms with van der Waals surface area (Å²) in [7, 11) is -3.20. The van der Waals surface area contributed by atoms with E-state index in [0.717, 1.165) is 24.9 Å². The van der Waals surface area contributed by atoms with Crippen molar-refractivity contribution in [3.8, 4) is 0 Å². The summed E-state index contributed by atoms with van der Waals surface area (Å²) in [4.78, 5) is 2.53. The lowest BCUT2D eigenvalue weighted by molar-refractivity contribution is 0.224. The molecule has 0 aromatic heterocycles. The molecule has 1 saturated heterocycles. The number of piperidine rings is 1. The molecule has 2 rings (SSSR count). The topological polar surface area (TPSA) is 49.4 Å². The van der Waals surface area contributed by atoms with Crippen molar-refractivity contribution < 1.29 is 8.42 Å². The Hall–Kier alpha value is -0.910. The van der Waals surface area contributed by atoms with Gasteiger partial charge < -0.3 is 4.90 Å². The van der Waals surface area contributed by atoms with Crippen LogP contribution in [0.15, 0.2) is 30.3 Å². The molecule has 1 N–H and O–H groups in total. The third kappa shape index (κ3) is 6.90. The van der Waals surface area contributed by atoms with Crippen molar-refractivity contribution in [3.05, 3.63) is 35.9 Å². The lowest BCUT2D eigenvalue weighted by Gasteiger charge is -2.26. The summed E-state index contributed by atoms with van der Waals surface area (Å²) < 4.78 is 26.6. The van der Waals surface area contributed by atoms with Crippen molar-refractivity contribution in [2.75, 3.05) is 26.2 Å². The zero-order valence-corrected chi connectivity index (χ0v) is 14.2. The summed E-state index contributed by atoms with van der Waals surface area (Å²) in [5.41, 5.74) is 0.833. The molecule has 0 aliphatic carbocycles. The average molecular weight is 324 g/mol. The molecule has 0 saturated carbocycles. The quantitative estimate of drug-likeness (QED) is 0.711. The fraction of sp³-hybridized carbons (Fsp3) is 0.647. The second-order valence-electron chi connectivity index (χ2n) is 6.10. The fourth-order valence-corrected chi connectivity index (χ4v) is 4.08. The minimum absolute atomic E-state index is 0.0710. The highest BCUT2D eigenvalue weighted by atomic mass is 32.2. The van der Waals surface area contributed by atoms with Gasteiger partial charge in [-0.15, -0.1) is 0 Å². The van der Waals surface area contributed by atoms with Crippen LogP contribution in [0.3, 0.4) is 0 Å². The van der Waals surface area contributed by atoms with Gasteiger partial charge >= 0.3 is 0 Å². The van der Waals surface area contributed by atoms with E-state index in [1.165, 1.54) is 38.8 Å². The Morgan fingerprint density at radius 2 is 1.68 bits per heavy atom. The maximum absolute atomic E-state index is 12.0. The van der Waals surface area contributed by atoms with Crippen LogP contribution in [0.5, 0.6) is 0 Å². The Balaban J connectivity index is 1.55. The van der Waals surface area contributed by atoms with Gasteiger partial charge in [-0.2, -0.15) is 0 Å². The van der Waals surface area contributed by atoms with Gasteiger partial charge in [-0.3, -0.25) is 0 Å². The van der Waals surface area contributed by atoms with Crippen molar-refractivity contribution in [1.29, 1.82) is 0 Å². The molecule has 4 nitrogen and oxygen atoms in total. The first-order chi connectivity index (χ1) is 10.7. The van der Waals surface area contributed by atoms with Crippen LogP contribution in [-0.2, 0) is 15.8 Å². The molecule has 0 bridgehead atoms. The van der Waals surface area contributed by atoms with Gasteiger partial charge in [0.1, 0.15) is 0 Å². The minimum atomic E-state index is -3.20. The molecule has 1 aliphatic rings. The predicted molar refractivity (Wildman–Crippen MR) is 91.2 cm³/mol. The molecule has 1 fully saturated rings. The number of rotatable bonds is 9. The van der Waals surface area contributed by atoms with Crippen LogP contribution in [0.1, 0.15) is 44.1 Å². The van der Waals surface area contributed by atoms with E-state index in [-0.39, 0.29) is 5.75 Å². The first kappa shape index (κ1) is 17.4. The maximum atomic E-state index is 12.0. The Morgan fingerprint density at radius 1 is 0.955 bits per heavy atom. The van der Waals surface area contributed by atoms with Crippen molar-refractivity contribution in [2.45, 2.75) is 44.3 Å². The number of sulfonamides is 1. The summed E-state index contributed by atoms with van der Waals surface area (Å²) in [6, 6.07) is 9.32. The van der Waals surface area contributed by atoms with Crippen LogP contribution < -0.4 is 4.72 Å². The van der Waals surface area contributed by atoms with E-state index in [9.17, 15) is 8.42 Å². The number of hydrogen-bond donors (Lipinski definition) is 1. The molecule has 0 radical (unpaired) electrons. The third-order valence-electron chi connectivity index (χ3n) is 4.12. The van der Waals surface area contributed by atoms with Gasteiger partial charge in [0.15, 0.2) is 0 Å². The highest BCUT2D eigenvalue weighted by Gasteiger charge is 2.11. The van der Waals surface area contributed by atoms with Crippen molar-refractivity contribution in [1.82, 2.24) is 9.62 Å². The molecule has 0 unspecified atom stereocenters. The van der Waals surface area contributed by atoms with Crippen LogP contribution in [0, 0.1) is 0 Å². The number of benzene rings is 1. The van der Waals surface area contributed by atoms with Gasteiger partial charge in [-0.05, 0) is 50.9 Å². The number of unbranched alkanes of at least 4 members (excludes halogenated alkanes) is 2. The molecule has 1 aliphatic heterocycles. The highest BCUT2D eigenvalue weighted by molar-refractivity contribution is 7.88. The Bertz CT molecular complexity index is 511. The Morgan fingerprint density at radius 3 is 2.41 bits per heavy atom. The van der Waals surface area contributed by atoms with E-state index >= 15 is 0 Å². The van der Waals surface area contributed by atoms with E-state index in [4.69, 9.17) is 0 Å². The summed E-state index contributed by atoms with van der Waals surface area (Å²) in [6.07, 6.45) is 7.21. The number of hydrogen-bond acceptors (Lipinski definition) is 3. The first-order valence-electron chi connectivity index (χ1n) is 8.39. The first-order valence-corrected chi connectivity index (χ1v) is 10.0. The minimum Gasteiger partial charge on any atom is -0.303 e. The largest absolute Gasteiger partial charge is 0.303 e.